The van der Waals surface area contributed by atoms with E-state index in [2.05, 4.69) is 22.4 Å². The van der Waals surface area contributed by atoms with Gasteiger partial charge in [-0.1, -0.05) is 24.2 Å². The Morgan fingerprint density at radius 1 is 1.47 bits per heavy atom. The first-order chi connectivity index (χ1) is 9.22. The Hall–Kier alpha value is -1.75. The van der Waals surface area contributed by atoms with Crippen molar-refractivity contribution in [2.24, 2.45) is 5.92 Å². The first-order valence-electron chi connectivity index (χ1n) is 6.50. The summed E-state index contributed by atoms with van der Waals surface area (Å²) in [7, 11) is 0. The standard InChI is InChI=1S/C14H16FN3O/c1-9(11-7-16-8-11)14-17-13(18-19-14)6-10-3-2-4-12(15)5-10/h2-5,9,11,16H,6-8H2,1H3. The van der Waals surface area contributed by atoms with Crippen molar-refractivity contribution in [3.63, 3.8) is 0 Å². The number of nitrogens with zero attached hydrogens (tertiary/aromatic N) is 2. The van der Waals surface area contributed by atoms with E-state index in [4.69, 9.17) is 4.52 Å². The second kappa shape index (κ2) is 5.09. The Balaban J connectivity index is 1.70. The van der Waals surface area contributed by atoms with Crippen molar-refractivity contribution in [3.05, 3.63) is 47.4 Å². The zero-order valence-corrected chi connectivity index (χ0v) is 10.8. The van der Waals surface area contributed by atoms with E-state index in [0.717, 1.165) is 18.7 Å². The lowest BCUT2D eigenvalue weighted by molar-refractivity contribution is 0.252. The van der Waals surface area contributed by atoms with Gasteiger partial charge in [0.2, 0.25) is 5.89 Å². The molecule has 1 atom stereocenters. The van der Waals surface area contributed by atoms with E-state index in [0.29, 0.717) is 24.1 Å². The van der Waals surface area contributed by atoms with E-state index in [1.54, 1.807) is 6.07 Å². The fraction of sp³-hybridized carbons (Fsp3) is 0.429. The lowest BCUT2D eigenvalue weighted by atomic mass is 9.89. The molecule has 1 aromatic carbocycles. The van der Waals surface area contributed by atoms with Crippen LogP contribution < -0.4 is 5.32 Å². The molecular formula is C14H16FN3O. The Kier molecular flexibility index (Phi) is 3.29. The summed E-state index contributed by atoms with van der Waals surface area (Å²) in [5, 5.41) is 7.21. The molecule has 0 amide bonds. The fourth-order valence-electron chi connectivity index (χ4n) is 2.22. The highest BCUT2D eigenvalue weighted by atomic mass is 19.1. The Morgan fingerprint density at radius 2 is 2.32 bits per heavy atom. The number of nitrogens with one attached hydrogen (secondary N) is 1. The lowest BCUT2D eigenvalue weighted by Gasteiger charge is -2.30. The van der Waals surface area contributed by atoms with Gasteiger partial charge in [0.05, 0.1) is 0 Å². The van der Waals surface area contributed by atoms with Crippen molar-refractivity contribution >= 4 is 0 Å². The summed E-state index contributed by atoms with van der Waals surface area (Å²) < 4.78 is 18.4. The van der Waals surface area contributed by atoms with Crippen molar-refractivity contribution < 1.29 is 8.91 Å². The minimum atomic E-state index is -0.241. The molecule has 1 aliphatic rings. The molecule has 3 rings (SSSR count). The first kappa shape index (κ1) is 12.3. The van der Waals surface area contributed by atoms with Crippen LogP contribution in [0.15, 0.2) is 28.8 Å². The third-order valence-electron chi connectivity index (χ3n) is 3.64. The van der Waals surface area contributed by atoms with Crippen LogP contribution in [-0.2, 0) is 6.42 Å². The number of rotatable bonds is 4. The molecule has 1 unspecified atom stereocenters. The molecule has 1 saturated heterocycles. The molecule has 1 aromatic heterocycles. The van der Waals surface area contributed by atoms with Gasteiger partial charge in [-0.2, -0.15) is 4.98 Å². The molecule has 0 saturated carbocycles. The van der Waals surface area contributed by atoms with Crippen LogP contribution in [0.5, 0.6) is 0 Å². The molecule has 5 heteroatoms. The summed E-state index contributed by atoms with van der Waals surface area (Å²) in [6.07, 6.45) is 0.497. The third-order valence-corrected chi connectivity index (χ3v) is 3.64. The number of aromatic nitrogens is 2. The Morgan fingerprint density at radius 3 is 3.00 bits per heavy atom. The first-order valence-corrected chi connectivity index (χ1v) is 6.50. The van der Waals surface area contributed by atoms with E-state index in [1.165, 1.54) is 12.1 Å². The van der Waals surface area contributed by atoms with Crippen LogP contribution in [0.1, 0.15) is 30.1 Å². The number of hydrogen-bond donors (Lipinski definition) is 1. The van der Waals surface area contributed by atoms with Gasteiger partial charge in [-0.25, -0.2) is 4.39 Å². The molecule has 2 heterocycles. The second-order valence-corrected chi connectivity index (χ2v) is 5.06. The van der Waals surface area contributed by atoms with Gasteiger partial charge in [-0.3, -0.25) is 0 Å². The molecule has 0 aliphatic carbocycles. The molecule has 4 nitrogen and oxygen atoms in total. The van der Waals surface area contributed by atoms with Gasteiger partial charge in [0.25, 0.3) is 0 Å². The maximum atomic E-state index is 13.1. The SMILES string of the molecule is CC(c1nc(Cc2cccc(F)c2)no1)C1CNC1. The highest BCUT2D eigenvalue weighted by molar-refractivity contribution is 5.19. The molecule has 19 heavy (non-hydrogen) atoms. The Labute approximate surface area is 111 Å². The Bertz CT molecular complexity index is 565. The van der Waals surface area contributed by atoms with E-state index < -0.39 is 0 Å². The summed E-state index contributed by atoms with van der Waals surface area (Å²) in [5.74, 6) is 1.89. The van der Waals surface area contributed by atoms with Crippen molar-refractivity contribution in [3.8, 4) is 0 Å². The number of benzene rings is 1. The van der Waals surface area contributed by atoms with Gasteiger partial charge < -0.3 is 9.84 Å². The maximum absolute atomic E-state index is 13.1. The topological polar surface area (TPSA) is 51.0 Å². The highest BCUT2D eigenvalue weighted by Gasteiger charge is 2.28. The molecule has 0 radical (unpaired) electrons. The summed E-state index contributed by atoms with van der Waals surface area (Å²) in [6.45, 7) is 4.11. The second-order valence-electron chi connectivity index (χ2n) is 5.06. The minimum absolute atomic E-state index is 0.241. The zero-order valence-electron chi connectivity index (χ0n) is 10.8. The molecule has 2 aromatic rings. The zero-order chi connectivity index (χ0) is 13.2. The lowest BCUT2D eigenvalue weighted by Crippen LogP contribution is -2.44. The van der Waals surface area contributed by atoms with Crippen molar-refractivity contribution in [1.82, 2.24) is 15.5 Å². The van der Waals surface area contributed by atoms with Crippen LogP contribution in [0, 0.1) is 11.7 Å². The monoisotopic (exact) mass is 261 g/mol. The highest BCUT2D eigenvalue weighted by Crippen LogP contribution is 2.25. The van der Waals surface area contributed by atoms with Crippen LogP contribution in [0.25, 0.3) is 0 Å². The van der Waals surface area contributed by atoms with Gasteiger partial charge in [-0.15, -0.1) is 0 Å². The van der Waals surface area contributed by atoms with E-state index >= 15 is 0 Å². The predicted molar refractivity (Wildman–Crippen MR) is 68.3 cm³/mol. The number of halogens is 1. The summed E-state index contributed by atoms with van der Waals surface area (Å²) in [4.78, 5) is 4.41. The molecule has 1 fully saturated rings. The molecule has 0 spiro atoms. The summed E-state index contributed by atoms with van der Waals surface area (Å²) >= 11 is 0. The van der Waals surface area contributed by atoms with Crippen molar-refractivity contribution in [2.75, 3.05) is 13.1 Å². The van der Waals surface area contributed by atoms with Crippen LogP contribution >= 0.6 is 0 Å². The van der Waals surface area contributed by atoms with Gasteiger partial charge in [-0.05, 0) is 36.7 Å². The largest absolute Gasteiger partial charge is 0.339 e. The van der Waals surface area contributed by atoms with Crippen LogP contribution in [0.2, 0.25) is 0 Å². The maximum Gasteiger partial charge on any atom is 0.229 e. The van der Waals surface area contributed by atoms with Crippen LogP contribution in [-0.4, -0.2) is 23.2 Å². The van der Waals surface area contributed by atoms with Gasteiger partial charge >= 0.3 is 0 Å². The molecule has 1 N–H and O–H groups in total. The van der Waals surface area contributed by atoms with Gasteiger partial charge in [0.1, 0.15) is 5.82 Å². The summed E-state index contributed by atoms with van der Waals surface area (Å²) in [5.41, 5.74) is 0.852. The van der Waals surface area contributed by atoms with Crippen molar-refractivity contribution in [2.45, 2.75) is 19.3 Å². The van der Waals surface area contributed by atoms with Crippen LogP contribution in [0.4, 0.5) is 4.39 Å². The smallest absolute Gasteiger partial charge is 0.229 e. The third kappa shape index (κ3) is 2.66. The molecule has 1 aliphatic heterocycles. The van der Waals surface area contributed by atoms with Gasteiger partial charge in [0, 0.05) is 12.3 Å². The van der Waals surface area contributed by atoms with E-state index in [9.17, 15) is 4.39 Å². The fourth-order valence-corrected chi connectivity index (χ4v) is 2.22. The van der Waals surface area contributed by atoms with E-state index in [-0.39, 0.29) is 11.7 Å². The average molecular weight is 261 g/mol. The van der Waals surface area contributed by atoms with E-state index in [1.807, 2.05) is 6.07 Å². The minimum Gasteiger partial charge on any atom is -0.339 e. The molecule has 100 valence electrons. The quantitative estimate of drug-likeness (QED) is 0.916. The number of hydrogen-bond acceptors (Lipinski definition) is 4. The average Bonchev–Trinajstić information content (AvgIpc) is 2.75. The predicted octanol–water partition coefficient (Wildman–Crippen LogP) is 2.12. The summed E-state index contributed by atoms with van der Waals surface area (Å²) in [6, 6.07) is 6.47. The molecular weight excluding hydrogens is 245 g/mol. The van der Waals surface area contributed by atoms with Crippen molar-refractivity contribution in [1.29, 1.82) is 0 Å². The van der Waals surface area contributed by atoms with Gasteiger partial charge in [0.15, 0.2) is 5.82 Å². The van der Waals surface area contributed by atoms with Crippen LogP contribution in [0.3, 0.4) is 0 Å². The molecule has 0 bridgehead atoms. The normalized spacial score (nSPS) is 17.2.